The van der Waals surface area contributed by atoms with Crippen LogP contribution < -0.4 is 10.9 Å². The Bertz CT molecular complexity index is 1000. The van der Waals surface area contributed by atoms with Crippen molar-refractivity contribution in [3.8, 4) is 0 Å². The number of likely N-dealkylation sites (tertiary alicyclic amines) is 1. The molecule has 1 fully saturated rings. The molecule has 2 N–H and O–H groups in total. The highest BCUT2D eigenvalue weighted by molar-refractivity contribution is 14.1. The maximum absolute atomic E-state index is 14.3. The number of carbonyl (C=O) groups excluding carboxylic acids is 1. The van der Waals surface area contributed by atoms with E-state index in [4.69, 9.17) is 0 Å². The number of aromatic nitrogens is 1. The minimum atomic E-state index is -0.990. The SMILES string of the molecule is C[C@H](N(C)C)C1(O)CN(C(=O)c2cn(C)c(=O)cc2Nc2ccc(I)cc2F)C1. The molecule has 1 aromatic carbocycles. The Morgan fingerprint density at radius 2 is 1.97 bits per heavy atom. The Labute approximate surface area is 182 Å². The first-order valence-corrected chi connectivity index (χ1v) is 10.2. The number of amides is 1. The lowest BCUT2D eigenvalue weighted by Gasteiger charge is -2.51. The van der Waals surface area contributed by atoms with Gasteiger partial charge < -0.3 is 24.8 Å². The molecule has 2 aromatic rings. The van der Waals surface area contributed by atoms with Crippen LogP contribution in [0.4, 0.5) is 15.8 Å². The van der Waals surface area contributed by atoms with Gasteiger partial charge in [0.05, 0.1) is 30.0 Å². The van der Waals surface area contributed by atoms with Gasteiger partial charge in [0, 0.05) is 28.9 Å². The van der Waals surface area contributed by atoms with Crippen molar-refractivity contribution < 1.29 is 14.3 Å². The first-order chi connectivity index (χ1) is 13.5. The number of halogens is 2. The minimum Gasteiger partial charge on any atom is -0.385 e. The number of anilines is 2. The zero-order chi connectivity index (χ0) is 21.5. The summed E-state index contributed by atoms with van der Waals surface area (Å²) in [6.45, 7) is 2.28. The molecule has 29 heavy (non-hydrogen) atoms. The topological polar surface area (TPSA) is 77.8 Å². The zero-order valence-electron chi connectivity index (χ0n) is 16.7. The van der Waals surface area contributed by atoms with Gasteiger partial charge in [0.25, 0.3) is 11.5 Å². The molecule has 0 spiro atoms. The van der Waals surface area contributed by atoms with Crippen LogP contribution in [-0.2, 0) is 7.05 Å². The highest BCUT2D eigenvalue weighted by atomic mass is 127. The fourth-order valence-electron chi connectivity index (χ4n) is 3.31. The van der Waals surface area contributed by atoms with Crippen molar-refractivity contribution in [1.82, 2.24) is 14.4 Å². The van der Waals surface area contributed by atoms with Gasteiger partial charge in [-0.3, -0.25) is 9.59 Å². The fourth-order valence-corrected chi connectivity index (χ4v) is 3.77. The number of hydrogen-bond donors (Lipinski definition) is 2. The molecular formula is C20H24FIN4O3. The van der Waals surface area contributed by atoms with Crippen LogP contribution >= 0.6 is 22.6 Å². The quantitative estimate of drug-likeness (QED) is 0.598. The third-order valence-electron chi connectivity index (χ3n) is 5.43. The van der Waals surface area contributed by atoms with Crippen LogP contribution in [0.15, 0.2) is 35.3 Å². The summed E-state index contributed by atoms with van der Waals surface area (Å²) >= 11 is 2.01. The molecule has 9 heteroatoms. The van der Waals surface area contributed by atoms with E-state index in [-0.39, 0.29) is 47.5 Å². The van der Waals surface area contributed by atoms with Gasteiger partial charge in [-0.05, 0) is 61.8 Å². The maximum atomic E-state index is 14.3. The van der Waals surface area contributed by atoms with Crippen LogP contribution in [0.1, 0.15) is 17.3 Å². The molecule has 3 rings (SSSR count). The standard InChI is InChI=1S/C20H24FIN4O3/c1-12(24(2)3)20(29)10-26(11-20)19(28)14-9-25(4)18(27)8-17(14)23-16-6-5-13(22)7-15(16)21/h5-9,12,23,29H,10-11H2,1-4H3/t12-/m0/s1. The highest BCUT2D eigenvalue weighted by Gasteiger charge is 2.48. The van der Waals surface area contributed by atoms with Crippen LogP contribution in [-0.4, -0.2) is 64.2 Å². The number of aliphatic hydroxyl groups is 1. The molecule has 7 nitrogen and oxygen atoms in total. The summed E-state index contributed by atoms with van der Waals surface area (Å²) in [6.07, 6.45) is 1.43. The lowest BCUT2D eigenvalue weighted by molar-refractivity contribution is -0.120. The molecule has 1 aliphatic rings. The van der Waals surface area contributed by atoms with E-state index in [1.165, 1.54) is 27.8 Å². The minimum absolute atomic E-state index is 0.120. The zero-order valence-corrected chi connectivity index (χ0v) is 18.9. The van der Waals surface area contributed by atoms with Crippen molar-refractivity contribution >= 4 is 39.9 Å². The molecule has 0 aliphatic carbocycles. The van der Waals surface area contributed by atoms with Crippen LogP contribution in [0.25, 0.3) is 0 Å². The average Bonchev–Trinajstić information content (AvgIpc) is 2.62. The molecule has 0 saturated carbocycles. The summed E-state index contributed by atoms with van der Waals surface area (Å²) in [4.78, 5) is 28.6. The van der Waals surface area contributed by atoms with E-state index < -0.39 is 11.4 Å². The first kappa shape index (κ1) is 21.7. The second-order valence-electron chi connectivity index (χ2n) is 7.70. The van der Waals surface area contributed by atoms with Gasteiger partial charge in [-0.1, -0.05) is 0 Å². The van der Waals surface area contributed by atoms with Crippen molar-refractivity contribution in [2.45, 2.75) is 18.6 Å². The summed E-state index contributed by atoms with van der Waals surface area (Å²) in [5, 5.41) is 13.6. The van der Waals surface area contributed by atoms with E-state index in [9.17, 15) is 19.1 Å². The van der Waals surface area contributed by atoms with E-state index in [1.54, 1.807) is 19.2 Å². The van der Waals surface area contributed by atoms with Gasteiger partial charge in [-0.25, -0.2) is 4.39 Å². The molecule has 1 atom stereocenters. The molecule has 0 bridgehead atoms. The van der Waals surface area contributed by atoms with Crippen LogP contribution in [0.2, 0.25) is 0 Å². The molecule has 156 valence electrons. The Morgan fingerprint density at radius 3 is 2.55 bits per heavy atom. The first-order valence-electron chi connectivity index (χ1n) is 9.12. The number of pyridine rings is 1. The molecule has 0 unspecified atom stereocenters. The molecule has 2 heterocycles. The second kappa shape index (κ2) is 8.04. The maximum Gasteiger partial charge on any atom is 0.257 e. The Balaban J connectivity index is 1.88. The van der Waals surface area contributed by atoms with Crippen molar-refractivity contribution in [3.05, 3.63) is 55.8 Å². The number of likely N-dealkylation sites (N-methyl/N-ethyl adjacent to an activating group) is 1. The van der Waals surface area contributed by atoms with Gasteiger partial charge in [-0.2, -0.15) is 0 Å². The Morgan fingerprint density at radius 1 is 1.31 bits per heavy atom. The molecule has 1 aromatic heterocycles. The number of aryl methyl sites for hydroxylation is 1. The van der Waals surface area contributed by atoms with E-state index in [0.717, 1.165) is 3.57 Å². The summed E-state index contributed by atoms with van der Waals surface area (Å²) < 4.78 is 16.3. The van der Waals surface area contributed by atoms with Gasteiger partial charge >= 0.3 is 0 Å². The molecule has 0 radical (unpaired) electrons. The smallest absolute Gasteiger partial charge is 0.257 e. The molecule has 1 amide bonds. The normalized spacial score (nSPS) is 16.5. The van der Waals surface area contributed by atoms with Gasteiger partial charge in [0.2, 0.25) is 0 Å². The van der Waals surface area contributed by atoms with Crippen LogP contribution in [0, 0.1) is 9.39 Å². The number of hydrogen-bond acceptors (Lipinski definition) is 5. The van der Waals surface area contributed by atoms with Crippen molar-refractivity contribution in [1.29, 1.82) is 0 Å². The van der Waals surface area contributed by atoms with E-state index in [2.05, 4.69) is 5.32 Å². The third kappa shape index (κ3) is 4.31. The lowest BCUT2D eigenvalue weighted by atomic mass is 9.85. The number of benzene rings is 1. The number of rotatable bonds is 5. The van der Waals surface area contributed by atoms with E-state index in [1.807, 2.05) is 48.5 Å². The van der Waals surface area contributed by atoms with E-state index in [0.29, 0.717) is 0 Å². The molecular weight excluding hydrogens is 490 g/mol. The number of β-amino-alcohol motifs (C(OH)–C–C–N with tert-alkyl or cyclic N) is 1. The summed E-state index contributed by atoms with van der Waals surface area (Å²) in [6, 6.07) is 5.81. The third-order valence-corrected chi connectivity index (χ3v) is 6.10. The van der Waals surface area contributed by atoms with Crippen LogP contribution in [0.5, 0.6) is 0 Å². The molecule has 1 saturated heterocycles. The lowest BCUT2D eigenvalue weighted by Crippen LogP contribution is -2.70. The van der Waals surface area contributed by atoms with Gasteiger partial charge in [0.15, 0.2) is 0 Å². The fraction of sp³-hybridized carbons (Fsp3) is 0.400. The Hall–Kier alpha value is -1.98. The number of nitrogens with one attached hydrogen (secondary N) is 1. The van der Waals surface area contributed by atoms with Crippen LogP contribution in [0.3, 0.4) is 0 Å². The van der Waals surface area contributed by atoms with Crippen molar-refractivity contribution in [3.63, 3.8) is 0 Å². The van der Waals surface area contributed by atoms with Gasteiger partial charge in [-0.15, -0.1) is 0 Å². The van der Waals surface area contributed by atoms with Gasteiger partial charge in [0.1, 0.15) is 11.4 Å². The Kier molecular flexibility index (Phi) is 6.02. The van der Waals surface area contributed by atoms with Crippen molar-refractivity contribution in [2.75, 3.05) is 32.5 Å². The average molecular weight is 514 g/mol. The predicted molar refractivity (Wildman–Crippen MR) is 118 cm³/mol. The van der Waals surface area contributed by atoms with E-state index >= 15 is 0 Å². The second-order valence-corrected chi connectivity index (χ2v) is 8.95. The van der Waals surface area contributed by atoms with Crippen molar-refractivity contribution in [2.24, 2.45) is 7.05 Å². The predicted octanol–water partition coefficient (Wildman–Crippen LogP) is 2.01. The molecule has 1 aliphatic heterocycles. The largest absolute Gasteiger partial charge is 0.385 e. The summed E-state index contributed by atoms with van der Waals surface area (Å²) in [7, 11) is 5.30. The highest BCUT2D eigenvalue weighted by Crippen LogP contribution is 2.30. The number of nitrogens with zero attached hydrogens (tertiary/aromatic N) is 3. The summed E-state index contributed by atoms with van der Waals surface area (Å²) in [5.74, 6) is -0.807. The monoisotopic (exact) mass is 514 g/mol. The summed E-state index contributed by atoms with van der Waals surface area (Å²) in [5.41, 5.74) is -0.667. The number of carbonyl (C=O) groups is 1.